The SMILES string of the molecule is CC(=O)CC(=O)OC(C)C.COCCOC(=O)CC(C)=O. The van der Waals surface area contributed by atoms with Crippen LogP contribution in [0.4, 0.5) is 0 Å². The summed E-state index contributed by atoms with van der Waals surface area (Å²) in [6, 6.07) is 0. The van der Waals surface area contributed by atoms with Gasteiger partial charge in [0.1, 0.15) is 31.0 Å². The van der Waals surface area contributed by atoms with Crippen LogP contribution in [0.5, 0.6) is 0 Å². The Bertz CT molecular complexity index is 347. The Morgan fingerprint density at radius 1 is 0.857 bits per heavy atom. The standard InChI is InChI=1S/C7H12O4.C7H12O3/c1-6(8)5-7(9)11-4-3-10-2;1-5(2)10-7(9)4-6(3)8/h3-5H2,1-2H3;5H,4H2,1-3H3. The molecular formula is C14H24O7. The maximum absolute atomic E-state index is 10.6. The van der Waals surface area contributed by atoms with E-state index in [4.69, 9.17) is 4.74 Å². The van der Waals surface area contributed by atoms with Gasteiger partial charge in [-0.15, -0.1) is 0 Å². The van der Waals surface area contributed by atoms with Gasteiger partial charge in [0.25, 0.3) is 0 Å². The Balaban J connectivity index is 0. The summed E-state index contributed by atoms with van der Waals surface area (Å²) in [5.74, 6) is -1.28. The van der Waals surface area contributed by atoms with Crippen molar-refractivity contribution < 1.29 is 33.4 Å². The van der Waals surface area contributed by atoms with Gasteiger partial charge < -0.3 is 14.2 Å². The zero-order valence-corrected chi connectivity index (χ0v) is 13.3. The molecule has 0 aromatic heterocycles. The zero-order valence-electron chi connectivity index (χ0n) is 13.3. The minimum Gasteiger partial charge on any atom is -0.463 e. The number of hydrogen-bond donors (Lipinski definition) is 0. The second-order valence-corrected chi connectivity index (χ2v) is 4.51. The Kier molecular flexibility index (Phi) is 13.6. The van der Waals surface area contributed by atoms with Crippen LogP contribution in [0.3, 0.4) is 0 Å². The maximum Gasteiger partial charge on any atom is 0.313 e. The molecule has 0 atom stereocenters. The van der Waals surface area contributed by atoms with Crippen molar-refractivity contribution in [2.24, 2.45) is 0 Å². The van der Waals surface area contributed by atoms with Gasteiger partial charge in [0, 0.05) is 7.11 Å². The van der Waals surface area contributed by atoms with Crippen LogP contribution in [-0.2, 0) is 33.4 Å². The molecule has 0 aliphatic rings. The highest BCUT2D eigenvalue weighted by atomic mass is 16.6. The predicted molar refractivity (Wildman–Crippen MR) is 74.7 cm³/mol. The summed E-state index contributed by atoms with van der Waals surface area (Å²) in [5.41, 5.74) is 0. The summed E-state index contributed by atoms with van der Waals surface area (Å²) in [6.07, 6.45) is -0.395. The van der Waals surface area contributed by atoms with Crippen molar-refractivity contribution in [1.29, 1.82) is 0 Å². The molecule has 21 heavy (non-hydrogen) atoms. The summed E-state index contributed by atoms with van der Waals surface area (Å²) in [5, 5.41) is 0. The van der Waals surface area contributed by atoms with Gasteiger partial charge in [-0.05, 0) is 27.7 Å². The minimum atomic E-state index is -0.491. The lowest BCUT2D eigenvalue weighted by atomic mass is 10.3. The van der Waals surface area contributed by atoms with E-state index in [-0.39, 0.29) is 37.1 Å². The summed E-state index contributed by atoms with van der Waals surface area (Å²) in [4.78, 5) is 41.9. The summed E-state index contributed by atoms with van der Waals surface area (Å²) in [7, 11) is 1.51. The Hall–Kier alpha value is -1.76. The zero-order chi connectivity index (χ0) is 16.8. The van der Waals surface area contributed by atoms with Crippen molar-refractivity contribution in [2.45, 2.75) is 46.6 Å². The van der Waals surface area contributed by atoms with Gasteiger partial charge in [-0.25, -0.2) is 0 Å². The molecular weight excluding hydrogens is 280 g/mol. The second kappa shape index (κ2) is 13.2. The molecule has 0 spiro atoms. The van der Waals surface area contributed by atoms with Gasteiger partial charge in [0.05, 0.1) is 12.7 Å². The number of Topliss-reactive ketones (excluding diaryl/α,β-unsaturated/α-hetero) is 2. The number of carbonyl (C=O) groups excluding carboxylic acids is 4. The molecule has 0 heterocycles. The Morgan fingerprint density at radius 3 is 1.71 bits per heavy atom. The summed E-state index contributed by atoms with van der Waals surface area (Å²) < 4.78 is 13.9. The van der Waals surface area contributed by atoms with Crippen molar-refractivity contribution >= 4 is 23.5 Å². The van der Waals surface area contributed by atoms with E-state index < -0.39 is 11.9 Å². The third kappa shape index (κ3) is 20.7. The lowest BCUT2D eigenvalue weighted by Crippen LogP contribution is -2.13. The van der Waals surface area contributed by atoms with Gasteiger partial charge in [0.2, 0.25) is 0 Å². The molecule has 0 saturated carbocycles. The number of rotatable bonds is 8. The number of carbonyl (C=O) groups is 4. The Morgan fingerprint density at radius 2 is 1.33 bits per heavy atom. The van der Waals surface area contributed by atoms with E-state index in [1.807, 2.05) is 0 Å². The van der Waals surface area contributed by atoms with Gasteiger partial charge in [0.15, 0.2) is 0 Å². The normalized spacial score (nSPS) is 9.43. The molecule has 0 aliphatic heterocycles. The molecule has 0 aromatic rings. The topological polar surface area (TPSA) is 96.0 Å². The van der Waals surface area contributed by atoms with E-state index in [1.165, 1.54) is 21.0 Å². The van der Waals surface area contributed by atoms with Crippen LogP contribution in [0, 0.1) is 0 Å². The van der Waals surface area contributed by atoms with Crippen molar-refractivity contribution in [3.63, 3.8) is 0 Å². The number of ketones is 2. The number of hydrogen-bond acceptors (Lipinski definition) is 7. The smallest absolute Gasteiger partial charge is 0.313 e. The largest absolute Gasteiger partial charge is 0.463 e. The highest BCUT2D eigenvalue weighted by Crippen LogP contribution is 1.93. The minimum absolute atomic E-state index is 0.113. The molecule has 0 unspecified atom stereocenters. The lowest BCUT2D eigenvalue weighted by molar-refractivity contribution is -0.149. The second-order valence-electron chi connectivity index (χ2n) is 4.51. The predicted octanol–water partition coefficient (Wildman–Crippen LogP) is 1.07. The van der Waals surface area contributed by atoms with Crippen LogP contribution in [-0.4, -0.2) is 49.9 Å². The van der Waals surface area contributed by atoms with Crippen LogP contribution >= 0.6 is 0 Å². The van der Waals surface area contributed by atoms with Crippen molar-refractivity contribution in [3.05, 3.63) is 0 Å². The number of ether oxygens (including phenoxy) is 3. The van der Waals surface area contributed by atoms with E-state index in [9.17, 15) is 19.2 Å². The highest BCUT2D eigenvalue weighted by Gasteiger charge is 2.07. The first kappa shape index (κ1) is 21.5. The average molecular weight is 304 g/mol. The molecule has 0 rings (SSSR count). The summed E-state index contributed by atoms with van der Waals surface area (Å²) in [6.45, 7) is 6.78. The first-order valence-electron chi connectivity index (χ1n) is 6.51. The Labute approximate surface area is 124 Å². The van der Waals surface area contributed by atoms with Gasteiger partial charge in [-0.2, -0.15) is 0 Å². The van der Waals surface area contributed by atoms with Crippen LogP contribution in [0.25, 0.3) is 0 Å². The van der Waals surface area contributed by atoms with Crippen molar-refractivity contribution in [3.8, 4) is 0 Å². The van der Waals surface area contributed by atoms with Crippen LogP contribution in [0.2, 0.25) is 0 Å². The van der Waals surface area contributed by atoms with Crippen molar-refractivity contribution in [2.75, 3.05) is 20.3 Å². The fourth-order valence-electron chi connectivity index (χ4n) is 1.00. The third-order valence-electron chi connectivity index (χ3n) is 1.70. The molecule has 0 bridgehead atoms. The fraction of sp³-hybridized carbons (Fsp3) is 0.714. The van der Waals surface area contributed by atoms with E-state index in [0.29, 0.717) is 6.61 Å². The van der Waals surface area contributed by atoms with Crippen LogP contribution in [0.15, 0.2) is 0 Å². The van der Waals surface area contributed by atoms with Crippen LogP contribution < -0.4 is 0 Å². The van der Waals surface area contributed by atoms with Gasteiger partial charge >= 0.3 is 11.9 Å². The molecule has 0 aromatic carbocycles. The highest BCUT2D eigenvalue weighted by molar-refractivity contribution is 5.94. The number of methoxy groups -OCH3 is 1. The molecule has 0 amide bonds. The van der Waals surface area contributed by atoms with E-state index >= 15 is 0 Å². The lowest BCUT2D eigenvalue weighted by Gasteiger charge is -2.05. The van der Waals surface area contributed by atoms with E-state index in [2.05, 4.69) is 9.47 Å². The molecule has 7 nitrogen and oxygen atoms in total. The quantitative estimate of drug-likeness (QED) is 0.376. The van der Waals surface area contributed by atoms with Gasteiger partial charge in [-0.3, -0.25) is 19.2 Å². The molecule has 0 radical (unpaired) electrons. The molecule has 7 heteroatoms. The molecule has 0 saturated heterocycles. The van der Waals surface area contributed by atoms with Crippen LogP contribution in [0.1, 0.15) is 40.5 Å². The third-order valence-corrected chi connectivity index (χ3v) is 1.70. The fourth-order valence-corrected chi connectivity index (χ4v) is 1.00. The molecule has 122 valence electrons. The number of esters is 2. The first-order chi connectivity index (χ1) is 9.68. The molecule has 0 aliphatic carbocycles. The van der Waals surface area contributed by atoms with Gasteiger partial charge in [-0.1, -0.05) is 0 Å². The van der Waals surface area contributed by atoms with E-state index in [0.717, 1.165) is 0 Å². The van der Waals surface area contributed by atoms with E-state index in [1.54, 1.807) is 13.8 Å². The monoisotopic (exact) mass is 304 g/mol. The molecule has 0 fully saturated rings. The van der Waals surface area contributed by atoms with Crippen molar-refractivity contribution in [1.82, 2.24) is 0 Å². The summed E-state index contributed by atoms with van der Waals surface area (Å²) >= 11 is 0. The molecule has 0 N–H and O–H groups in total. The average Bonchev–Trinajstić information content (AvgIpc) is 2.26. The maximum atomic E-state index is 10.6. The first-order valence-corrected chi connectivity index (χ1v) is 6.51.